The zero-order valence-electron chi connectivity index (χ0n) is 54.9. The second-order valence-electron chi connectivity index (χ2n) is 24.5. The molecule has 0 amide bonds. The van der Waals surface area contributed by atoms with Crippen molar-refractivity contribution in [1.82, 2.24) is 0 Å². The van der Waals surface area contributed by atoms with E-state index in [9.17, 15) is 34.5 Å². The molecule has 0 aliphatic carbocycles. The van der Waals surface area contributed by atoms with E-state index in [1.807, 2.05) is 0 Å². The summed E-state index contributed by atoms with van der Waals surface area (Å²) in [4.78, 5) is 51.5. The average Bonchev–Trinajstić information content (AvgIpc) is 3.53. The quantitative estimate of drug-likeness (QED) is 0.0228. The first-order valence-electron chi connectivity index (χ1n) is 35.6. The first-order valence-corrected chi connectivity index (χ1v) is 35.6. The summed E-state index contributed by atoms with van der Waals surface area (Å²) in [5.74, 6) is -3.10. The maximum atomic E-state index is 13.2. The first-order chi connectivity index (χ1) is 41.6. The van der Waals surface area contributed by atoms with Crippen LogP contribution in [0.1, 0.15) is 342 Å². The van der Waals surface area contributed by atoms with Crippen LogP contribution in [-0.4, -0.2) is 89.2 Å². The molecule has 0 aromatic rings. The molecule has 6 unspecified atom stereocenters. The number of ether oxygens (including phenoxy) is 5. The number of carboxylic acid groups (broad SMARTS) is 1. The van der Waals surface area contributed by atoms with Gasteiger partial charge in [0.15, 0.2) is 24.6 Å². The van der Waals surface area contributed by atoms with E-state index in [2.05, 4.69) is 69.4 Å². The SMILES string of the molecule is CCCCC/C=C\C/C=C\CCCCCCCCCC(=O)OC(COC(=O)CCCCCCCCCCC/C=C\CCCCCCCC)COC1OC(C(=O)O)C(O)C(O)C1OC(=O)CCCCCCCCCCC/C=C\CCCCCCCC. The monoisotopic (exact) mass is 1200 g/mol. The highest BCUT2D eigenvalue weighted by Crippen LogP contribution is 2.27. The molecule has 1 heterocycles. The molecule has 6 atom stereocenters. The molecule has 1 aliphatic heterocycles. The van der Waals surface area contributed by atoms with Crippen molar-refractivity contribution in [3.8, 4) is 0 Å². The highest BCUT2D eigenvalue weighted by molar-refractivity contribution is 5.74. The van der Waals surface area contributed by atoms with Crippen LogP contribution in [0.3, 0.4) is 0 Å². The van der Waals surface area contributed by atoms with Gasteiger partial charge < -0.3 is 39.0 Å². The molecule has 85 heavy (non-hydrogen) atoms. The summed E-state index contributed by atoms with van der Waals surface area (Å²) >= 11 is 0. The number of aliphatic hydroxyl groups excluding tert-OH is 2. The Balaban J connectivity index is 2.62. The Hall–Kier alpha value is -3.32. The molecule has 1 rings (SSSR count). The van der Waals surface area contributed by atoms with Crippen molar-refractivity contribution in [2.75, 3.05) is 13.2 Å². The van der Waals surface area contributed by atoms with Gasteiger partial charge in [-0.1, -0.05) is 268 Å². The predicted octanol–water partition coefficient (Wildman–Crippen LogP) is 19.7. The molecule has 3 N–H and O–H groups in total. The Morgan fingerprint density at radius 1 is 0.388 bits per heavy atom. The van der Waals surface area contributed by atoms with Crippen LogP contribution >= 0.6 is 0 Å². The van der Waals surface area contributed by atoms with Crippen molar-refractivity contribution in [1.29, 1.82) is 0 Å². The number of allylic oxidation sites excluding steroid dienone is 8. The molecule has 12 nitrogen and oxygen atoms in total. The van der Waals surface area contributed by atoms with E-state index in [0.29, 0.717) is 19.3 Å². The number of carbonyl (C=O) groups is 4. The molecule has 1 aliphatic rings. The maximum Gasteiger partial charge on any atom is 0.335 e. The smallest absolute Gasteiger partial charge is 0.335 e. The normalized spacial score (nSPS) is 17.7. The number of carboxylic acids is 1. The lowest BCUT2D eigenvalue weighted by Gasteiger charge is -2.40. The Morgan fingerprint density at radius 3 is 1.09 bits per heavy atom. The molecule has 0 spiro atoms. The first kappa shape index (κ1) is 79.7. The van der Waals surface area contributed by atoms with Crippen LogP contribution in [0.2, 0.25) is 0 Å². The van der Waals surface area contributed by atoms with Gasteiger partial charge in [0, 0.05) is 19.3 Å². The number of hydrogen-bond donors (Lipinski definition) is 3. The van der Waals surface area contributed by atoms with Gasteiger partial charge in [0.1, 0.15) is 18.8 Å². The number of aliphatic carboxylic acids is 1. The summed E-state index contributed by atoms with van der Waals surface area (Å²) in [6.07, 6.45) is 63.4. The van der Waals surface area contributed by atoms with Crippen molar-refractivity contribution >= 4 is 23.9 Å². The van der Waals surface area contributed by atoms with Crippen molar-refractivity contribution < 1.29 is 58.2 Å². The molecule has 0 aromatic carbocycles. The van der Waals surface area contributed by atoms with Gasteiger partial charge in [-0.3, -0.25) is 14.4 Å². The third-order valence-electron chi connectivity index (χ3n) is 16.3. The van der Waals surface area contributed by atoms with Crippen molar-refractivity contribution in [2.45, 2.75) is 379 Å². The minimum absolute atomic E-state index is 0.0593. The highest BCUT2D eigenvalue weighted by Gasteiger charge is 2.50. The van der Waals surface area contributed by atoms with E-state index in [0.717, 1.165) is 89.9 Å². The van der Waals surface area contributed by atoms with E-state index in [4.69, 9.17) is 23.7 Å². The lowest BCUT2D eigenvalue weighted by molar-refractivity contribution is -0.301. The summed E-state index contributed by atoms with van der Waals surface area (Å²) in [5, 5.41) is 31.7. The lowest BCUT2D eigenvalue weighted by atomic mass is 9.98. The van der Waals surface area contributed by atoms with Gasteiger partial charge in [-0.25, -0.2) is 4.79 Å². The van der Waals surface area contributed by atoms with E-state index >= 15 is 0 Å². The summed E-state index contributed by atoms with van der Waals surface area (Å²) in [6.45, 7) is 6.02. The summed E-state index contributed by atoms with van der Waals surface area (Å²) in [5.41, 5.74) is 0. The molecule has 494 valence electrons. The van der Waals surface area contributed by atoms with Gasteiger partial charge in [0.05, 0.1) is 6.61 Å². The largest absolute Gasteiger partial charge is 0.479 e. The second-order valence-corrected chi connectivity index (χ2v) is 24.5. The van der Waals surface area contributed by atoms with Crippen LogP contribution in [0.15, 0.2) is 48.6 Å². The van der Waals surface area contributed by atoms with Crippen LogP contribution in [-0.2, 0) is 42.9 Å². The molecule has 0 bridgehead atoms. The average molecular weight is 1200 g/mol. The topological polar surface area (TPSA) is 175 Å². The standard InChI is InChI=1S/C73H130O12/c1-4-7-10-13-16-19-22-25-28-31-33-36-38-41-44-47-50-53-56-59-65(74)81-62-64(83-66(75)60-57-54-51-48-45-42-39-35-30-27-24-21-18-15-12-9-6-3)63-82-73-71(69(78)68(77)70(85-73)72(79)80)84-67(76)61-58-55-52-49-46-43-40-37-34-32-29-26-23-20-17-14-11-8-5-2/h18,21,25-30,64,68-71,73,77-78H,4-17,19-20,22-24,31-63H2,1-3H3,(H,79,80)/b21-18-,28-25-,29-26-,30-27-. The fraction of sp³-hybridized carbons (Fsp3) is 0.836. The van der Waals surface area contributed by atoms with Gasteiger partial charge in [0.25, 0.3) is 0 Å². The van der Waals surface area contributed by atoms with E-state index < -0.39 is 67.3 Å². The fourth-order valence-electron chi connectivity index (χ4n) is 10.9. The van der Waals surface area contributed by atoms with Gasteiger partial charge in [0.2, 0.25) is 0 Å². The number of hydrogen-bond acceptors (Lipinski definition) is 11. The Morgan fingerprint density at radius 2 is 0.706 bits per heavy atom. The summed E-state index contributed by atoms with van der Waals surface area (Å²) in [6, 6.07) is 0. The van der Waals surface area contributed by atoms with Crippen molar-refractivity contribution in [3.63, 3.8) is 0 Å². The third kappa shape index (κ3) is 50.3. The van der Waals surface area contributed by atoms with Gasteiger partial charge in [-0.2, -0.15) is 0 Å². The number of carbonyl (C=O) groups excluding carboxylic acids is 3. The van der Waals surface area contributed by atoms with Crippen molar-refractivity contribution in [3.05, 3.63) is 48.6 Å². The highest BCUT2D eigenvalue weighted by atomic mass is 16.7. The molecule has 0 saturated carbocycles. The predicted molar refractivity (Wildman–Crippen MR) is 349 cm³/mol. The fourth-order valence-corrected chi connectivity index (χ4v) is 10.9. The van der Waals surface area contributed by atoms with Crippen LogP contribution in [0.5, 0.6) is 0 Å². The van der Waals surface area contributed by atoms with Crippen LogP contribution in [0.25, 0.3) is 0 Å². The van der Waals surface area contributed by atoms with Crippen LogP contribution in [0.4, 0.5) is 0 Å². The Labute approximate surface area is 520 Å². The number of unbranched alkanes of at least 4 members (excludes halogenated alkanes) is 40. The lowest BCUT2D eigenvalue weighted by Crippen LogP contribution is -2.61. The van der Waals surface area contributed by atoms with Gasteiger partial charge in [-0.05, 0) is 103 Å². The number of esters is 3. The molecule has 1 fully saturated rings. The minimum Gasteiger partial charge on any atom is -0.479 e. The molecule has 0 aromatic heterocycles. The zero-order chi connectivity index (χ0) is 61.7. The Kier molecular flexibility index (Phi) is 57.1. The van der Waals surface area contributed by atoms with E-state index in [1.165, 1.54) is 193 Å². The van der Waals surface area contributed by atoms with Crippen LogP contribution < -0.4 is 0 Å². The van der Waals surface area contributed by atoms with Gasteiger partial charge >= 0.3 is 23.9 Å². The van der Waals surface area contributed by atoms with E-state index in [-0.39, 0.29) is 25.9 Å². The molecule has 12 heteroatoms. The summed E-state index contributed by atoms with van der Waals surface area (Å²) < 4.78 is 28.6. The molecule has 0 radical (unpaired) electrons. The zero-order valence-corrected chi connectivity index (χ0v) is 54.9. The van der Waals surface area contributed by atoms with Gasteiger partial charge in [-0.15, -0.1) is 0 Å². The number of aliphatic hydroxyl groups is 2. The second kappa shape index (κ2) is 60.9. The van der Waals surface area contributed by atoms with Crippen molar-refractivity contribution in [2.24, 2.45) is 0 Å². The molecule has 1 saturated heterocycles. The third-order valence-corrected chi connectivity index (χ3v) is 16.3. The Bertz CT molecular complexity index is 1660. The maximum absolute atomic E-state index is 13.2. The molecular formula is C73H130O12. The number of rotatable bonds is 62. The van der Waals surface area contributed by atoms with Crippen LogP contribution in [0, 0.1) is 0 Å². The summed E-state index contributed by atoms with van der Waals surface area (Å²) in [7, 11) is 0. The molecular weight excluding hydrogens is 1070 g/mol. The van der Waals surface area contributed by atoms with E-state index in [1.54, 1.807) is 0 Å². The minimum atomic E-state index is -1.91.